The number of nitrogens with zero attached hydrogens (tertiary/aromatic N) is 1. The van der Waals surface area contributed by atoms with Crippen LogP contribution in [0.25, 0.3) is 0 Å². The normalized spacial score (nSPS) is 10.3. The minimum Gasteiger partial charge on any atom is -0.321 e. The molecule has 2 aromatic rings. The minimum atomic E-state index is -0.113. The highest BCUT2D eigenvalue weighted by Gasteiger charge is 2.07. The molecule has 1 aromatic carbocycles. The number of hydrogen-bond acceptors (Lipinski definition) is 4. The summed E-state index contributed by atoms with van der Waals surface area (Å²) in [5.74, 6) is -0.113. The molecule has 0 spiro atoms. The molecule has 4 nitrogen and oxygen atoms in total. The summed E-state index contributed by atoms with van der Waals surface area (Å²) < 4.78 is 0. The number of thiazole rings is 1. The lowest BCUT2D eigenvalue weighted by atomic mass is 10.2. The van der Waals surface area contributed by atoms with Crippen molar-refractivity contribution in [3.63, 3.8) is 0 Å². The lowest BCUT2D eigenvalue weighted by Crippen LogP contribution is -2.13. The van der Waals surface area contributed by atoms with Crippen molar-refractivity contribution in [1.29, 1.82) is 0 Å². The molecule has 1 amide bonds. The number of amides is 1. The fraction of sp³-hybridized carbons (Fsp3) is 0.231. The maximum Gasteiger partial charge on any atom is 0.267 e. The minimum absolute atomic E-state index is 0.113. The molecular weight excluding hydrogens is 246 g/mol. The number of rotatable bonds is 5. The Morgan fingerprint density at radius 3 is 3.06 bits per heavy atom. The van der Waals surface area contributed by atoms with Crippen LogP contribution in [0.1, 0.15) is 22.2 Å². The molecule has 0 aliphatic rings. The summed E-state index contributed by atoms with van der Waals surface area (Å²) in [6.45, 7) is 3.80. The smallest absolute Gasteiger partial charge is 0.267 e. The van der Waals surface area contributed by atoms with E-state index in [4.69, 9.17) is 0 Å². The van der Waals surface area contributed by atoms with Gasteiger partial charge in [0.2, 0.25) is 0 Å². The van der Waals surface area contributed by atoms with E-state index in [-0.39, 0.29) is 5.91 Å². The molecule has 94 valence electrons. The molecule has 2 N–H and O–H groups in total. The van der Waals surface area contributed by atoms with E-state index in [1.165, 1.54) is 11.3 Å². The number of benzene rings is 1. The molecule has 0 aliphatic carbocycles. The first-order valence-corrected chi connectivity index (χ1v) is 6.67. The number of hydrogen-bond donors (Lipinski definition) is 2. The Balaban J connectivity index is 2.03. The third-order valence-corrected chi connectivity index (χ3v) is 3.19. The van der Waals surface area contributed by atoms with E-state index in [0.29, 0.717) is 4.88 Å². The zero-order chi connectivity index (χ0) is 12.8. The number of aromatic nitrogens is 1. The second-order valence-electron chi connectivity index (χ2n) is 3.80. The molecule has 1 aromatic heterocycles. The molecule has 0 saturated heterocycles. The molecule has 0 aliphatic heterocycles. The van der Waals surface area contributed by atoms with Gasteiger partial charge in [0.25, 0.3) is 5.91 Å². The summed E-state index contributed by atoms with van der Waals surface area (Å²) in [4.78, 5) is 16.4. The third-order valence-electron chi connectivity index (χ3n) is 2.42. The summed E-state index contributed by atoms with van der Waals surface area (Å²) in [5, 5.41) is 6.12. The Bertz CT molecular complexity index is 511. The summed E-state index contributed by atoms with van der Waals surface area (Å²) in [5.41, 5.74) is 3.61. The number of carbonyl (C=O) groups is 1. The highest BCUT2D eigenvalue weighted by molar-refractivity contribution is 7.11. The van der Waals surface area contributed by atoms with Crippen molar-refractivity contribution in [2.75, 3.05) is 11.9 Å². The van der Waals surface area contributed by atoms with Gasteiger partial charge in [-0.15, -0.1) is 11.3 Å². The maximum atomic E-state index is 11.8. The van der Waals surface area contributed by atoms with Gasteiger partial charge in [-0.3, -0.25) is 9.78 Å². The van der Waals surface area contributed by atoms with Crippen molar-refractivity contribution in [2.24, 2.45) is 0 Å². The Kier molecular flexibility index (Phi) is 4.44. The van der Waals surface area contributed by atoms with Crippen LogP contribution in [-0.2, 0) is 6.54 Å². The molecule has 0 radical (unpaired) electrons. The Morgan fingerprint density at radius 2 is 2.33 bits per heavy atom. The summed E-state index contributed by atoms with van der Waals surface area (Å²) in [7, 11) is 0. The molecule has 18 heavy (non-hydrogen) atoms. The van der Waals surface area contributed by atoms with Crippen LogP contribution >= 0.6 is 11.3 Å². The van der Waals surface area contributed by atoms with Gasteiger partial charge < -0.3 is 10.6 Å². The van der Waals surface area contributed by atoms with Crippen molar-refractivity contribution in [3.05, 3.63) is 46.4 Å². The van der Waals surface area contributed by atoms with Crippen molar-refractivity contribution in [3.8, 4) is 0 Å². The van der Waals surface area contributed by atoms with Crippen molar-refractivity contribution >= 4 is 22.9 Å². The predicted molar refractivity (Wildman–Crippen MR) is 73.9 cm³/mol. The highest BCUT2D eigenvalue weighted by Crippen LogP contribution is 2.13. The van der Waals surface area contributed by atoms with Gasteiger partial charge in [-0.2, -0.15) is 0 Å². The summed E-state index contributed by atoms with van der Waals surface area (Å²) >= 11 is 1.33. The zero-order valence-corrected chi connectivity index (χ0v) is 11.0. The highest BCUT2D eigenvalue weighted by atomic mass is 32.1. The van der Waals surface area contributed by atoms with Gasteiger partial charge in [0, 0.05) is 12.2 Å². The van der Waals surface area contributed by atoms with Crippen LogP contribution in [0.3, 0.4) is 0 Å². The van der Waals surface area contributed by atoms with Gasteiger partial charge in [0.15, 0.2) is 0 Å². The predicted octanol–water partition coefficient (Wildman–Crippen LogP) is 2.50. The van der Waals surface area contributed by atoms with Gasteiger partial charge in [-0.25, -0.2) is 0 Å². The molecule has 5 heteroatoms. The van der Waals surface area contributed by atoms with E-state index >= 15 is 0 Å². The Hall–Kier alpha value is -1.72. The van der Waals surface area contributed by atoms with Gasteiger partial charge in [-0.1, -0.05) is 19.1 Å². The van der Waals surface area contributed by atoms with E-state index in [1.807, 2.05) is 24.3 Å². The largest absolute Gasteiger partial charge is 0.321 e. The van der Waals surface area contributed by atoms with E-state index < -0.39 is 0 Å². The Morgan fingerprint density at radius 1 is 1.44 bits per heavy atom. The van der Waals surface area contributed by atoms with Crippen LogP contribution < -0.4 is 10.6 Å². The van der Waals surface area contributed by atoms with Crippen LogP contribution in [0.5, 0.6) is 0 Å². The van der Waals surface area contributed by atoms with E-state index in [0.717, 1.165) is 24.3 Å². The van der Waals surface area contributed by atoms with E-state index in [2.05, 4.69) is 22.5 Å². The number of carbonyl (C=O) groups excluding carboxylic acids is 1. The van der Waals surface area contributed by atoms with Gasteiger partial charge >= 0.3 is 0 Å². The van der Waals surface area contributed by atoms with Gasteiger partial charge in [-0.05, 0) is 24.2 Å². The van der Waals surface area contributed by atoms with Crippen LogP contribution in [-0.4, -0.2) is 17.4 Å². The monoisotopic (exact) mass is 261 g/mol. The molecule has 0 unspecified atom stereocenters. The number of anilines is 1. The molecule has 0 bridgehead atoms. The average molecular weight is 261 g/mol. The molecule has 1 heterocycles. The summed E-state index contributed by atoms with van der Waals surface area (Å²) in [6.07, 6.45) is 1.57. The number of nitrogens with one attached hydrogen (secondary N) is 2. The topological polar surface area (TPSA) is 54.0 Å². The molecule has 0 fully saturated rings. The molecule has 2 rings (SSSR count). The standard InChI is InChI=1S/C13H15N3OS/c1-2-14-7-10-4-3-5-11(6-10)16-13(17)12-8-15-9-18-12/h3-6,8-9,14H,2,7H2,1H3,(H,16,17). The second-order valence-corrected chi connectivity index (χ2v) is 4.69. The third kappa shape index (κ3) is 3.38. The average Bonchev–Trinajstić information content (AvgIpc) is 2.91. The SMILES string of the molecule is CCNCc1cccc(NC(=O)c2cncs2)c1. The second kappa shape index (κ2) is 6.28. The first-order valence-electron chi connectivity index (χ1n) is 5.79. The lowest BCUT2D eigenvalue weighted by molar-refractivity contribution is 0.103. The van der Waals surface area contributed by atoms with E-state index in [9.17, 15) is 4.79 Å². The van der Waals surface area contributed by atoms with Crippen LogP contribution in [0, 0.1) is 0 Å². The molecule has 0 saturated carbocycles. The van der Waals surface area contributed by atoms with Gasteiger partial charge in [0.05, 0.1) is 11.7 Å². The summed E-state index contributed by atoms with van der Waals surface area (Å²) in [6, 6.07) is 7.83. The molecule has 0 atom stereocenters. The fourth-order valence-electron chi connectivity index (χ4n) is 1.55. The van der Waals surface area contributed by atoms with Crippen molar-refractivity contribution < 1.29 is 4.79 Å². The van der Waals surface area contributed by atoms with Crippen LogP contribution in [0.15, 0.2) is 36.0 Å². The van der Waals surface area contributed by atoms with Gasteiger partial charge in [0.1, 0.15) is 4.88 Å². The van der Waals surface area contributed by atoms with Crippen molar-refractivity contribution in [2.45, 2.75) is 13.5 Å². The lowest BCUT2D eigenvalue weighted by Gasteiger charge is -2.06. The zero-order valence-electron chi connectivity index (χ0n) is 10.1. The molecular formula is C13H15N3OS. The first-order chi connectivity index (χ1) is 8.79. The van der Waals surface area contributed by atoms with Crippen LogP contribution in [0.4, 0.5) is 5.69 Å². The van der Waals surface area contributed by atoms with Crippen LogP contribution in [0.2, 0.25) is 0 Å². The van der Waals surface area contributed by atoms with E-state index in [1.54, 1.807) is 11.7 Å². The maximum absolute atomic E-state index is 11.8. The quantitative estimate of drug-likeness (QED) is 0.869. The Labute approximate surface area is 110 Å². The fourth-order valence-corrected chi connectivity index (χ4v) is 2.06. The first kappa shape index (κ1) is 12.7. The van der Waals surface area contributed by atoms with Crippen molar-refractivity contribution in [1.82, 2.24) is 10.3 Å².